The molecular weight excluding hydrogens is 164 g/mol. The maximum absolute atomic E-state index is 8.80. The minimum atomic E-state index is 0.303. The lowest BCUT2D eigenvalue weighted by Gasteiger charge is -2.38. The largest absolute Gasteiger partial charge is 0.395 e. The SMILES string of the molecule is CC1(N2CCN(CCO)CC2)CC1. The van der Waals surface area contributed by atoms with Gasteiger partial charge in [0.1, 0.15) is 0 Å². The van der Waals surface area contributed by atoms with Crippen molar-refractivity contribution in [3.63, 3.8) is 0 Å². The van der Waals surface area contributed by atoms with Crippen LogP contribution in [0.2, 0.25) is 0 Å². The second kappa shape index (κ2) is 3.56. The van der Waals surface area contributed by atoms with Gasteiger partial charge in [-0.3, -0.25) is 9.80 Å². The Bertz CT molecular complexity index is 172. The van der Waals surface area contributed by atoms with Crippen molar-refractivity contribution in [2.45, 2.75) is 25.3 Å². The van der Waals surface area contributed by atoms with Crippen molar-refractivity contribution >= 4 is 0 Å². The average molecular weight is 184 g/mol. The predicted molar refractivity (Wildman–Crippen MR) is 52.7 cm³/mol. The molecule has 0 unspecified atom stereocenters. The molecule has 0 radical (unpaired) electrons. The maximum atomic E-state index is 8.80. The van der Waals surface area contributed by atoms with E-state index in [0.29, 0.717) is 12.1 Å². The van der Waals surface area contributed by atoms with Crippen LogP contribution in [0.25, 0.3) is 0 Å². The molecule has 2 aliphatic rings. The Hall–Kier alpha value is -0.120. The van der Waals surface area contributed by atoms with Crippen molar-refractivity contribution in [1.82, 2.24) is 9.80 Å². The molecule has 3 heteroatoms. The van der Waals surface area contributed by atoms with Crippen LogP contribution < -0.4 is 0 Å². The second-order valence-corrected chi connectivity index (χ2v) is 4.55. The van der Waals surface area contributed by atoms with Crippen molar-refractivity contribution in [2.75, 3.05) is 39.3 Å². The summed E-state index contributed by atoms with van der Waals surface area (Å²) in [4.78, 5) is 4.96. The van der Waals surface area contributed by atoms with Crippen LogP contribution in [0.4, 0.5) is 0 Å². The molecule has 0 aromatic heterocycles. The molecule has 76 valence electrons. The van der Waals surface area contributed by atoms with Gasteiger partial charge in [-0.2, -0.15) is 0 Å². The van der Waals surface area contributed by atoms with Gasteiger partial charge >= 0.3 is 0 Å². The topological polar surface area (TPSA) is 26.7 Å². The zero-order valence-electron chi connectivity index (χ0n) is 8.50. The molecule has 2 fully saturated rings. The third-order valence-electron chi connectivity index (χ3n) is 3.53. The van der Waals surface area contributed by atoms with Crippen LogP contribution in [0.5, 0.6) is 0 Å². The van der Waals surface area contributed by atoms with E-state index in [-0.39, 0.29) is 0 Å². The van der Waals surface area contributed by atoms with Gasteiger partial charge in [-0.05, 0) is 19.8 Å². The number of nitrogens with zero attached hydrogens (tertiary/aromatic N) is 2. The Morgan fingerprint density at radius 3 is 2.23 bits per heavy atom. The first-order valence-corrected chi connectivity index (χ1v) is 5.33. The van der Waals surface area contributed by atoms with Crippen LogP contribution in [-0.4, -0.2) is 59.8 Å². The number of rotatable bonds is 3. The smallest absolute Gasteiger partial charge is 0.0558 e. The van der Waals surface area contributed by atoms with Crippen LogP contribution in [-0.2, 0) is 0 Å². The number of aliphatic hydroxyl groups excluding tert-OH is 1. The lowest BCUT2D eigenvalue weighted by Crippen LogP contribution is -2.51. The number of hydrogen-bond acceptors (Lipinski definition) is 3. The molecule has 2 rings (SSSR count). The van der Waals surface area contributed by atoms with Gasteiger partial charge in [-0.1, -0.05) is 0 Å². The molecule has 1 N–H and O–H groups in total. The molecule has 0 aromatic rings. The molecule has 0 atom stereocenters. The quantitative estimate of drug-likeness (QED) is 0.676. The average Bonchev–Trinajstić information content (AvgIpc) is 2.87. The van der Waals surface area contributed by atoms with Gasteiger partial charge in [0.15, 0.2) is 0 Å². The lowest BCUT2D eigenvalue weighted by atomic mass is 10.2. The van der Waals surface area contributed by atoms with Gasteiger partial charge < -0.3 is 5.11 Å². The molecule has 0 amide bonds. The van der Waals surface area contributed by atoms with E-state index < -0.39 is 0 Å². The molecule has 0 aromatic carbocycles. The van der Waals surface area contributed by atoms with E-state index in [1.165, 1.54) is 25.9 Å². The fourth-order valence-electron chi connectivity index (χ4n) is 2.15. The molecule has 1 aliphatic carbocycles. The Morgan fingerprint density at radius 2 is 1.77 bits per heavy atom. The summed E-state index contributed by atoms with van der Waals surface area (Å²) in [6, 6.07) is 0. The summed E-state index contributed by atoms with van der Waals surface area (Å²) in [6.07, 6.45) is 2.76. The Labute approximate surface area is 80.3 Å². The molecule has 0 bridgehead atoms. The highest BCUT2D eigenvalue weighted by molar-refractivity contribution is 5.00. The summed E-state index contributed by atoms with van der Waals surface area (Å²) in [7, 11) is 0. The first-order chi connectivity index (χ1) is 6.24. The zero-order chi connectivity index (χ0) is 9.31. The monoisotopic (exact) mass is 184 g/mol. The minimum Gasteiger partial charge on any atom is -0.395 e. The molecule has 1 heterocycles. The number of piperazine rings is 1. The van der Waals surface area contributed by atoms with Crippen molar-refractivity contribution in [1.29, 1.82) is 0 Å². The van der Waals surface area contributed by atoms with E-state index in [4.69, 9.17) is 5.11 Å². The molecule has 1 saturated heterocycles. The molecule has 0 spiro atoms. The first-order valence-electron chi connectivity index (χ1n) is 5.33. The van der Waals surface area contributed by atoms with Gasteiger partial charge in [0.2, 0.25) is 0 Å². The fourth-order valence-corrected chi connectivity index (χ4v) is 2.15. The third kappa shape index (κ3) is 2.03. The number of hydrogen-bond donors (Lipinski definition) is 1. The minimum absolute atomic E-state index is 0.303. The predicted octanol–water partition coefficient (Wildman–Crippen LogP) is 0.149. The van der Waals surface area contributed by atoms with Crippen molar-refractivity contribution in [3.05, 3.63) is 0 Å². The summed E-state index contributed by atoms with van der Waals surface area (Å²) in [6.45, 7) is 8.18. The summed E-state index contributed by atoms with van der Waals surface area (Å²) < 4.78 is 0. The van der Waals surface area contributed by atoms with Gasteiger partial charge in [0.05, 0.1) is 6.61 Å². The molecule has 13 heavy (non-hydrogen) atoms. The van der Waals surface area contributed by atoms with Crippen LogP contribution in [0.1, 0.15) is 19.8 Å². The van der Waals surface area contributed by atoms with E-state index >= 15 is 0 Å². The summed E-state index contributed by atoms with van der Waals surface area (Å²) in [5.41, 5.74) is 0.547. The normalized spacial score (nSPS) is 29.1. The maximum Gasteiger partial charge on any atom is 0.0558 e. The van der Waals surface area contributed by atoms with E-state index in [0.717, 1.165) is 19.6 Å². The molecular formula is C10H20N2O. The highest BCUT2D eigenvalue weighted by Crippen LogP contribution is 2.41. The Kier molecular flexibility index (Phi) is 2.58. The summed E-state index contributed by atoms with van der Waals surface area (Å²) in [5, 5.41) is 8.80. The van der Waals surface area contributed by atoms with Crippen LogP contribution in [0.15, 0.2) is 0 Å². The fraction of sp³-hybridized carbons (Fsp3) is 1.00. The van der Waals surface area contributed by atoms with Crippen LogP contribution in [0, 0.1) is 0 Å². The summed E-state index contributed by atoms with van der Waals surface area (Å²) >= 11 is 0. The molecule has 3 nitrogen and oxygen atoms in total. The van der Waals surface area contributed by atoms with Crippen LogP contribution >= 0.6 is 0 Å². The molecule has 1 saturated carbocycles. The third-order valence-corrected chi connectivity index (χ3v) is 3.53. The number of aliphatic hydroxyl groups is 1. The second-order valence-electron chi connectivity index (χ2n) is 4.55. The zero-order valence-corrected chi connectivity index (χ0v) is 8.50. The van der Waals surface area contributed by atoms with Crippen molar-refractivity contribution < 1.29 is 5.11 Å². The van der Waals surface area contributed by atoms with Gasteiger partial charge in [0, 0.05) is 38.3 Å². The standard InChI is InChI=1S/C10H20N2O/c1-10(2-3-10)12-6-4-11(5-7-12)8-9-13/h13H,2-9H2,1H3. The van der Waals surface area contributed by atoms with E-state index in [2.05, 4.69) is 16.7 Å². The van der Waals surface area contributed by atoms with E-state index in [9.17, 15) is 0 Å². The number of β-amino-alcohol motifs (C(OH)–C–C–N with tert-alkyl or cyclic N) is 1. The first kappa shape index (κ1) is 9.44. The lowest BCUT2D eigenvalue weighted by molar-refractivity contribution is 0.0805. The Balaban J connectivity index is 1.76. The summed E-state index contributed by atoms with van der Waals surface area (Å²) in [5.74, 6) is 0. The molecule has 1 aliphatic heterocycles. The van der Waals surface area contributed by atoms with Crippen LogP contribution in [0.3, 0.4) is 0 Å². The van der Waals surface area contributed by atoms with Gasteiger partial charge in [0.25, 0.3) is 0 Å². The Morgan fingerprint density at radius 1 is 1.15 bits per heavy atom. The highest BCUT2D eigenvalue weighted by atomic mass is 16.3. The van der Waals surface area contributed by atoms with E-state index in [1.54, 1.807) is 0 Å². The highest BCUT2D eigenvalue weighted by Gasteiger charge is 2.43. The van der Waals surface area contributed by atoms with Gasteiger partial charge in [-0.15, -0.1) is 0 Å². The van der Waals surface area contributed by atoms with Gasteiger partial charge in [-0.25, -0.2) is 0 Å². The van der Waals surface area contributed by atoms with Crippen molar-refractivity contribution in [3.8, 4) is 0 Å². The van der Waals surface area contributed by atoms with Crippen molar-refractivity contribution in [2.24, 2.45) is 0 Å². The van der Waals surface area contributed by atoms with E-state index in [1.807, 2.05) is 0 Å².